The fourth-order valence-corrected chi connectivity index (χ4v) is 10.3. The second-order valence-electron chi connectivity index (χ2n) is 20.3. The van der Waals surface area contributed by atoms with E-state index in [9.17, 15) is 10.2 Å². The molecule has 10 aromatic rings. The Morgan fingerprint density at radius 1 is 0.316 bits per heavy atom. The van der Waals surface area contributed by atoms with Gasteiger partial charge in [0, 0.05) is 55.9 Å². The summed E-state index contributed by atoms with van der Waals surface area (Å²) in [5, 5.41) is 26.3. The van der Waals surface area contributed by atoms with Crippen LogP contribution in [0.5, 0.6) is 23.0 Å². The Bertz CT molecular complexity index is 3670. The van der Waals surface area contributed by atoms with Crippen LogP contribution in [0.15, 0.2) is 133 Å². The molecule has 0 spiro atoms. The normalized spacial score (nSPS) is 11.4. The fraction of sp³-hybridized carbons (Fsp3) is 0.242. The number of phenols is 2. The Morgan fingerprint density at radius 3 is 1.07 bits per heavy atom. The van der Waals surface area contributed by atoms with Crippen LogP contribution in [0.25, 0.3) is 89.9 Å². The van der Waals surface area contributed by atoms with Crippen molar-refractivity contribution in [2.24, 2.45) is 0 Å². The molecule has 8 aromatic carbocycles. The van der Waals surface area contributed by atoms with Crippen molar-refractivity contribution in [2.45, 2.75) is 93.9 Å². The minimum absolute atomic E-state index is 0.0452. The van der Waals surface area contributed by atoms with Crippen molar-refractivity contribution < 1.29 is 19.7 Å². The second-order valence-corrected chi connectivity index (χ2v) is 20.3. The van der Waals surface area contributed by atoms with Gasteiger partial charge in [0.25, 0.3) is 0 Å². The Kier molecular flexibility index (Phi) is 14.9. The van der Waals surface area contributed by atoms with Crippen molar-refractivity contribution in [2.75, 3.05) is 13.2 Å². The van der Waals surface area contributed by atoms with Gasteiger partial charge in [-0.2, -0.15) is 0 Å². The molecule has 0 atom stereocenters. The Labute approximate surface area is 445 Å². The van der Waals surface area contributed by atoms with E-state index >= 15 is 0 Å². The van der Waals surface area contributed by atoms with Crippen LogP contribution in [0, 0.1) is 55.4 Å². The smallest absolute Gasteiger partial charge is 0.168 e. The summed E-state index contributed by atoms with van der Waals surface area (Å²) in [6.07, 6.45) is 5.73. The molecule has 10 heteroatoms. The number of aromatic nitrogens is 6. The lowest BCUT2D eigenvalue weighted by molar-refractivity contribution is 0.298. The Morgan fingerprint density at radius 2 is 0.645 bits per heavy atom. The fourth-order valence-electron chi connectivity index (χ4n) is 10.3. The lowest BCUT2D eigenvalue weighted by atomic mass is 10.0. The summed E-state index contributed by atoms with van der Waals surface area (Å²) in [7, 11) is 0. The number of aromatic hydroxyl groups is 2. The van der Waals surface area contributed by atoms with E-state index in [1.165, 1.54) is 0 Å². The maximum atomic E-state index is 11.8. The van der Waals surface area contributed by atoms with Crippen LogP contribution < -0.4 is 9.47 Å². The molecule has 382 valence electrons. The molecule has 0 saturated heterocycles. The Hall–Kier alpha value is -8.50. The van der Waals surface area contributed by atoms with E-state index < -0.39 is 0 Å². The van der Waals surface area contributed by atoms with E-state index in [-0.39, 0.29) is 11.5 Å². The Balaban J connectivity index is 0.812. The van der Waals surface area contributed by atoms with Crippen LogP contribution in [-0.4, -0.2) is 53.3 Å². The van der Waals surface area contributed by atoms with Crippen molar-refractivity contribution in [1.82, 2.24) is 29.9 Å². The SMILES string of the molecule is Cc1ccc(-c2nc(-c3ccc(C)cc3C)nc(-c3c(OCCCCCCCCOc4cc(O)c(-c5nc(-c6ccc(C)cc6C)nc(-c6ccc(C)cc6C)n5)c5ccccc45)cc(O)c4ccccc34)n2)c(C)c1. The predicted octanol–water partition coefficient (Wildman–Crippen LogP) is 16.0. The van der Waals surface area contributed by atoms with Gasteiger partial charge in [-0.15, -0.1) is 0 Å². The van der Waals surface area contributed by atoms with Gasteiger partial charge in [-0.25, -0.2) is 29.9 Å². The number of hydrogen-bond acceptors (Lipinski definition) is 10. The lowest BCUT2D eigenvalue weighted by Gasteiger charge is -2.17. The van der Waals surface area contributed by atoms with Gasteiger partial charge in [0.1, 0.15) is 23.0 Å². The van der Waals surface area contributed by atoms with E-state index in [0.717, 1.165) is 127 Å². The average Bonchev–Trinajstić information content (AvgIpc) is 3.43. The molecule has 0 aliphatic rings. The van der Waals surface area contributed by atoms with Crippen LogP contribution >= 0.6 is 0 Å². The zero-order chi connectivity index (χ0) is 53.0. The maximum absolute atomic E-state index is 11.8. The van der Waals surface area contributed by atoms with E-state index in [2.05, 4.69) is 128 Å². The third-order valence-electron chi connectivity index (χ3n) is 14.2. The van der Waals surface area contributed by atoms with E-state index in [1.807, 2.05) is 48.5 Å². The van der Waals surface area contributed by atoms with Crippen molar-refractivity contribution in [1.29, 1.82) is 0 Å². The molecule has 0 saturated carbocycles. The van der Waals surface area contributed by atoms with Gasteiger partial charge in [0.15, 0.2) is 34.9 Å². The van der Waals surface area contributed by atoms with Crippen LogP contribution in [0.2, 0.25) is 0 Å². The van der Waals surface area contributed by atoms with Crippen molar-refractivity contribution in [3.05, 3.63) is 178 Å². The highest BCUT2D eigenvalue weighted by Crippen LogP contribution is 2.44. The summed E-state index contributed by atoms with van der Waals surface area (Å²) in [6.45, 7) is 17.6. The summed E-state index contributed by atoms with van der Waals surface area (Å²) in [6, 6.07) is 44.2. The third kappa shape index (κ3) is 10.8. The first-order valence-electron chi connectivity index (χ1n) is 26.4. The van der Waals surface area contributed by atoms with Gasteiger partial charge in [-0.3, -0.25) is 0 Å². The van der Waals surface area contributed by atoms with Gasteiger partial charge >= 0.3 is 0 Å². The predicted molar refractivity (Wildman–Crippen MR) is 307 cm³/mol. The van der Waals surface area contributed by atoms with E-state index in [1.54, 1.807) is 12.1 Å². The molecule has 10 rings (SSSR count). The summed E-state index contributed by atoms with van der Waals surface area (Å²) in [5.41, 5.74) is 13.9. The summed E-state index contributed by atoms with van der Waals surface area (Å²) >= 11 is 0. The standard InChI is InChI=1S/C66H64N6O4/c1-39-23-27-47(43(5)33-39)61-67-62(48-28-24-40(2)34-44(48)6)70-65(69-61)59-54-22-16-14-20-52(54)57(38-56(59)74)75-31-17-11-9-10-12-18-32-76-58-37-55(73)51-19-13-15-21-53(51)60(58)66-71-63(49-29-25-41(3)35-45(49)7)68-64(72-66)50-30-26-42(4)36-46(50)8/h13-16,19-30,33-38,73-74H,9-12,17-18,31-32H2,1-8H3. The number of phenolic OH excluding ortho intramolecular Hbond substituents is 2. The number of rotatable bonds is 17. The van der Waals surface area contributed by atoms with E-state index in [4.69, 9.17) is 39.4 Å². The van der Waals surface area contributed by atoms with Gasteiger partial charge in [0.2, 0.25) is 0 Å². The molecular formula is C66H64N6O4. The minimum Gasteiger partial charge on any atom is -0.507 e. The molecule has 10 nitrogen and oxygen atoms in total. The van der Waals surface area contributed by atoms with Gasteiger partial charge in [0.05, 0.1) is 24.3 Å². The minimum atomic E-state index is 0.0452. The summed E-state index contributed by atoms with van der Waals surface area (Å²) < 4.78 is 13.0. The maximum Gasteiger partial charge on any atom is 0.168 e. The highest BCUT2D eigenvalue weighted by molar-refractivity contribution is 6.03. The largest absolute Gasteiger partial charge is 0.507 e. The molecule has 0 radical (unpaired) electrons. The first-order valence-corrected chi connectivity index (χ1v) is 26.4. The first kappa shape index (κ1) is 51.0. The zero-order valence-electron chi connectivity index (χ0n) is 44.8. The number of aryl methyl sites for hydroxylation is 8. The first-order chi connectivity index (χ1) is 36.8. The van der Waals surface area contributed by atoms with Crippen LogP contribution in [0.3, 0.4) is 0 Å². The summed E-state index contributed by atoms with van der Waals surface area (Å²) in [5.74, 6) is 4.48. The number of unbranched alkanes of at least 4 members (excludes halogenated alkanes) is 5. The molecule has 0 aliphatic carbocycles. The zero-order valence-corrected chi connectivity index (χ0v) is 44.8. The molecule has 0 amide bonds. The number of benzene rings is 8. The monoisotopic (exact) mass is 1000 g/mol. The van der Waals surface area contributed by atoms with Gasteiger partial charge in [-0.1, -0.05) is 169 Å². The lowest BCUT2D eigenvalue weighted by Crippen LogP contribution is -2.05. The molecular weight excluding hydrogens is 941 g/mol. The van der Waals surface area contributed by atoms with Gasteiger partial charge in [-0.05, 0) is 90.5 Å². The van der Waals surface area contributed by atoms with Crippen molar-refractivity contribution in [3.63, 3.8) is 0 Å². The van der Waals surface area contributed by atoms with E-state index in [0.29, 0.717) is 70.6 Å². The van der Waals surface area contributed by atoms with Crippen LogP contribution in [0.1, 0.15) is 83.0 Å². The number of nitrogens with zero attached hydrogens (tertiary/aromatic N) is 6. The molecule has 0 aliphatic heterocycles. The summed E-state index contributed by atoms with van der Waals surface area (Å²) in [4.78, 5) is 30.4. The van der Waals surface area contributed by atoms with Crippen LogP contribution in [0.4, 0.5) is 0 Å². The molecule has 0 unspecified atom stereocenters. The molecule has 2 N–H and O–H groups in total. The highest BCUT2D eigenvalue weighted by atomic mass is 16.5. The third-order valence-corrected chi connectivity index (χ3v) is 14.2. The van der Waals surface area contributed by atoms with Crippen molar-refractivity contribution in [3.8, 4) is 91.3 Å². The average molecular weight is 1010 g/mol. The quantitative estimate of drug-likeness (QED) is 0.0849. The topological polar surface area (TPSA) is 136 Å². The molecule has 2 aromatic heterocycles. The van der Waals surface area contributed by atoms with Crippen molar-refractivity contribution >= 4 is 21.5 Å². The van der Waals surface area contributed by atoms with Crippen LogP contribution in [-0.2, 0) is 0 Å². The number of hydrogen-bond donors (Lipinski definition) is 2. The molecule has 76 heavy (non-hydrogen) atoms. The number of ether oxygens (including phenoxy) is 2. The number of fused-ring (bicyclic) bond motifs is 2. The second kappa shape index (κ2) is 22.1. The molecule has 0 bridgehead atoms. The van der Waals surface area contributed by atoms with Gasteiger partial charge < -0.3 is 19.7 Å². The molecule has 2 heterocycles. The highest BCUT2D eigenvalue weighted by Gasteiger charge is 2.24. The molecule has 0 fully saturated rings.